The second-order valence-electron chi connectivity index (χ2n) is 1.82. The standard InChI is InChI=1S/C7H9N2O/c1-8-6-3-2-4-9-7(6)5-10/h2,4,8,10H,5H2,1H3. The molecule has 3 nitrogen and oxygen atoms in total. The van der Waals surface area contributed by atoms with Gasteiger partial charge in [-0.2, -0.15) is 0 Å². The number of rotatable bonds is 2. The van der Waals surface area contributed by atoms with E-state index in [2.05, 4.69) is 16.4 Å². The number of hydrogen-bond acceptors (Lipinski definition) is 3. The summed E-state index contributed by atoms with van der Waals surface area (Å²) in [6, 6.07) is 4.60. The van der Waals surface area contributed by atoms with Crippen LogP contribution in [0.25, 0.3) is 0 Å². The molecule has 1 radical (unpaired) electrons. The SMILES string of the molecule is CNc1[c]ccnc1CO. The number of aliphatic hydroxyl groups is 1. The lowest BCUT2D eigenvalue weighted by Crippen LogP contribution is -1.97. The predicted octanol–water partition coefficient (Wildman–Crippen LogP) is 0.416. The second kappa shape index (κ2) is 3.17. The molecular formula is C7H9N2O. The van der Waals surface area contributed by atoms with E-state index in [9.17, 15) is 0 Å². The third kappa shape index (κ3) is 1.25. The summed E-state index contributed by atoms with van der Waals surface area (Å²) in [4.78, 5) is 3.92. The average molecular weight is 137 g/mol. The minimum Gasteiger partial charge on any atom is -0.390 e. The van der Waals surface area contributed by atoms with E-state index in [-0.39, 0.29) is 6.61 Å². The van der Waals surface area contributed by atoms with E-state index in [1.807, 2.05) is 0 Å². The Morgan fingerprint density at radius 1 is 1.80 bits per heavy atom. The first kappa shape index (κ1) is 7.02. The Morgan fingerprint density at radius 3 is 3.10 bits per heavy atom. The lowest BCUT2D eigenvalue weighted by atomic mass is 10.3. The number of anilines is 1. The zero-order valence-electron chi connectivity index (χ0n) is 5.76. The Kier molecular flexibility index (Phi) is 2.23. The van der Waals surface area contributed by atoms with Crippen molar-refractivity contribution in [2.24, 2.45) is 0 Å². The van der Waals surface area contributed by atoms with Crippen molar-refractivity contribution in [1.82, 2.24) is 4.98 Å². The fraction of sp³-hybridized carbons (Fsp3) is 0.286. The molecule has 10 heavy (non-hydrogen) atoms. The maximum atomic E-state index is 8.73. The molecule has 0 aliphatic carbocycles. The van der Waals surface area contributed by atoms with Gasteiger partial charge in [0.25, 0.3) is 0 Å². The molecule has 0 unspecified atom stereocenters. The van der Waals surface area contributed by atoms with E-state index >= 15 is 0 Å². The van der Waals surface area contributed by atoms with Crippen molar-refractivity contribution in [1.29, 1.82) is 0 Å². The van der Waals surface area contributed by atoms with Gasteiger partial charge in [-0.25, -0.2) is 0 Å². The summed E-state index contributed by atoms with van der Waals surface area (Å²) in [6.07, 6.45) is 1.60. The molecule has 53 valence electrons. The van der Waals surface area contributed by atoms with Gasteiger partial charge in [-0.15, -0.1) is 0 Å². The zero-order valence-corrected chi connectivity index (χ0v) is 5.76. The van der Waals surface area contributed by atoms with Crippen molar-refractivity contribution in [2.75, 3.05) is 12.4 Å². The Balaban J connectivity index is 2.96. The Hall–Kier alpha value is -1.09. The summed E-state index contributed by atoms with van der Waals surface area (Å²) in [5, 5.41) is 11.6. The molecule has 1 aromatic heterocycles. The van der Waals surface area contributed by atoms with Crippen LogP contribution < -0.4 is 5.32 Å². The van der Waals surface area contributed by atoms with Crippen LogP contribution in [0.3, 0.4) is 0 Å². The molecule has 1 heterocycles. The van der Waals surface area contributed by atoms with Crippen LogP contribution in [0.4, 0.5) is 5.69 Å². The van der Waals surface area contributed by atoms with Gasteiger partial charge in [0.2, 0.25) is 0 Å². The largest absolute Gasteiger partial charge is 0.390 e. The van der Waals surface area contributed by atoms with Crippen LogP contribution in [-0.4, -0.2) is 17.1 Å². The lowest BCUT2D eigenvalue weighted by Gasteiger charge is -2.02. The van der Waals surface area contributed by atoms with Crippen molar-refractivity contribution in [3.05, 3.63) is 24.0 Å². The van der Waals surface area contributed by atoms with Crippen LogP contribution in [0.15, 0.2) is 12.3 Å². The first-order chi connectivity index (χ1) is 4.88. The maximum Gasteiger partial charge on any atom is 0.0895 e. The summed E-state index contributed by atoms with van der Waals surface area (Å²) in [7, 11) is 1.77. The molecule has 0 bridgehead atoms. The highest BCUT2D eigenvalue weighted by atomic mass is 16.3. The van der Waals surface area contributed by atoms with Gasteiger partial charge >= 0.3 is 0 Å². The highest BCUT2D eigenvalue weighted by molar-refractivity contribution is 5.44. The van der Waals surface area contributed by atoms with Gasteiger partial charge < -0.3 is 10.4 Å². The van der Waals surface area contributed by atoms with Gasteiger partial charge in [0.1, 0.15) is 0 Å². The van der Waals surface area contributed by atoms with E-state index in [1.165, 1.54) is 0 Å². The molecule has 0 amide bonds. The van der Waals surface area contributed by atoms with Crippen LogP contribution in [0.1, 0.15) is 5.69 Å². The first-order valence-electron chi connectivity index (χ1n) is 3.02. The number of pyridine rings is 1. The number of hydrogen-bond donors (Lipinski definition) is 2. The second-order valence-corrected chi connectivity index (χ2v) is 1.82. The number of aromatic nitrogens is 1. The van der Waals surface area contributed by atoms with Gasteiger partial charge in [0.05, 0.1) is 18.0 Å². The van der Waals surface area contributed by atoms with E-state index in [1.54, 1.807) is 19.3 Å². The molecule has 0 aliphatic rings. The minimum atomic E-state index is -0.0481. The third-order valence-electron chi connectivity index (χ3n) is 1.22. The molecule has 0 fully saturated rings. The molecule has 1 aromatic rings. The molecule has 0 spiro atoms. The summed E-state index contributed by atoms with van der Waals surface area (Å²) >= 11 is 0. The van der Waals surface area contributed by atoms with Crippen LogP contribution in [-0.2, 0) is 6.61 Å². The smallest absolute Gasteiger partial charge is 0.0895 e. The summed E-state index contributed by atoms with van der Waals surface area (Å²) < 4.78 is 0. The molecule has 2 N–H and O–H groups in total. The number of nitrogens with one attached hydrogen (secondary N) is 1. The van der Waals surface area contributed by atoms with Gasteiger partial charge in [-0.3, -0.25) is 4.98 Å². The summed E-state index contributed by atoms with van der Waals surface area (Å²) in [6.45, 7) is -0.0481. The summed E-state index contributed by atoms with van der Waals surface area (Å²) in [5.74, 6) is 0. The Bertz CT molecular complexity index is 190. The van der Waals surface area contributed by atoms with Gasteiger partial charge in [0, 0.05) is 19.3 Å². The third-order valence-corrected chi connectivity index (χ3v) is 1.22. The number of nitrogens with zero attached hydrogens (tertiary/aromatic N) is 1. The topological polar surface area (TPSA) is 45.2 Å². The fourth-order valence-electron chi connectivity index (χ4n) is 0.732. The fourth-order valence-corrected chi connectivity index (χ4v) is 0.732. The molecule has 0 aliphatic heterocycles. The molecule has 0 saturated carbocycles. The van der Waals surface area contributed by atoms with Crippen LogP contribution in [0.5, 0.6) is 0 Å². The molecule has 0 atom stereocenters. The highest BCUT2D eigenvalue weighted by Crippen LogP contribution is 2.08. The summed E-state index contributed by atoms with van der Waals surface area (Å²) in [5.41, 5.74) is 1.38. The van der Waals surface area contributed by atoms with Crippen molar-refractivity contribution in [3.63, 3.8) is 0 Å². The van der Waals surface area contributed by atoms with Gasteiger partial charge in [-0.05, 0) is 6.07 Å². The van der Waals surface area contributed by atoms with Crippen molar-refractivity contribution in [2.45, 2.75) is 6.61 Å². The molecular weight excluding hydrogens is 128 g/mol. The Labute approximate surface area is 59.7 Å². The normalized spacial score (nSPS) is 9.40. The van der Waals surface area contributed by atoms with Crippen LogP contribution in [0.2, 0.25) is 0 Å². The predicted molar refractivity (Wildman–Crippen MR) is 38.5 cm³/mol. The molecule has 1 rings (SSSR count). The van der Waals surface area contributed by atoms with Crippen molar-refractivity contribution >= 4 is 5.69 Å². The van der Waals surface area contributed by atoms with Crippen LogP contribution in [0, 0.1) is 6.07 Å². The van der Waals surface area contributed by atoms with Crippen molar-refractivity contribution < 1.29 is 5.11 Å². The molecule has 0 saturated heterocycles. The first-order valence-corrected chi connectivity index (χ1v) is 3.02. The average Bonchev–Trinajstić information content (AvgIpc) is 2.04. The van der Waals surface area contributed by atoms with E-state index in [0.29, 0.717) is 5.69 Å². The van der Waals surface area contributed by atoms with Gasteiger partial charge in [-0.1, -0.05) is 0 Å². The zero-order chi connectivity index (χ0) is 7.40. The lowest BCUT2D eigenvalue weighted by molar-refractivity contribution is 0.277. The minimum absolute atomic E-state index is 0.0481. The van der Waals surface area contributed by atoms with Crippen molar-refractivity contribution in [3.8, 4) is 0 Å². The van der Waals surface area contributed by atoms with Gasteiger partial charge in [0.15, 0.2) is 0 Å². The van der Waals surface area contributed by atoms with E-state index < -0.39 is 0 Å². The number of aliphatic hydroxyl groups excluding tert-OH is 1. The van der Waals surface area contributed by atoms with E-state index in [0.717, 1.165) is 5.69 Å². The van der Waals surface area contributed by atoms with E-state index in [4.69, 9.17) is 5.11 Å². The monoisotopic (exact) mass is 137 g/mol. The quantitative estimate of drug-likeness (QED) is 0.620. The molecule has 0 aromatic carbocycles. The van der Waals surface area contributed by atoms with Crippen LogP contribution >= 0.6 is 0 Å². The Morgan fingerprint density at radius 2 is 2.60 bits per heavy atom. The maximum absolute atomic E-state index is 8.73. The molecule has 3 heteroatoms. The highest BCUT2D eigenvalue weighted by Gasteiger charge is 1.97.